The molecule has 1 atom stereocenters. The van der Waals surface area contributed by atoms with Crippen LogP contribution in [0.5, 0.6) is 5.75 Å². The van der Waals surface area contributed by atoms with Crippen molar-refractivity contribution in [3.05, 3.63) is 102 Å². The van der Waals surface area contributed by atoms with Gasteiger partial charge in [-0.25, -0.2) is 4.79 Å². The summed E-state index contributed by atoms with van der Waals surface area (Å²) in [6.45, 7) is 3.05. The van der Waals surface area contributed by atoms with Gasteiger partial charge in [0.25, 0.3) is 0 Å². The van der Waals surface area contributed by atoms with Gasteiger partial charge in [0.15, 0.2) is 5.96 Å². The molecule has 0 fully saturated rings. The van der Waals surface area contributed by atoms with E-state index in [9.17, 15) is 19.5 Å². The Morgan fingerprint density at radius 1 is 0.833 bits per heavy atom. The maximum atomic E-state index is 13.7. The summed E-state index contributed by atoms with van der Waals surface area (Å²) in [7, 11) is 0. The van der Waals surface area contributed by atoms with Crippen molar-refractivity contribution in [2.45, 2.75) is 51.1 Å². The summed E-state index contributed by atoms with van der Waals surface area (Å²) < 4.78 is 0. The maximum absolute atomic E-state index is 13.7. The lowest BCUT2D eigenvalue weighted by Gasteiger charge is -2.23. The van der Waals surface area contributed by atoms with Crippen LogP contribution in [-0.2, 0) is 16.1 Å². The average Bonchev–Trinajstić information content (AvgIpc) is 2.99. The fraction of sp³-hybridized carbons (Fsp3) is 0.312. The smallest absolute Gasteiger partial charge is 0.321 e. The number of carbonyl (C=O) groups is 3. The molecule has 0 aliphatic heterocycles. The van der Waals surface area contributed by atoms with Crippen molar-refractivity contribution in [2.75, 3.05) is 13.1 Å². The van der Waals surface area contributed by atoms with Crippen molar-refractivity contribution >= 4 is 23.8 Å². The lowest BCUT2D eigenvalue weighted by Crippen LogP contribution is -2.48. The highest BCUT2D eigenvalue weighted by Gasteiger charge is 2.27. The first kappa shape index (κ1) is 31.7. The minimum Gasteiger partial charge on any atom is -0.508 e. The predicted molar refractivity (Wildman–Crippen MR) is 164 cm³/mol. The Bertz CT molecular complexity index is 1260. The van der Waals surface area contributed by atoms with Crippen LogP contribution in [0.4, 0.5) is 4.79 Å². The number of unbranched alkanes of at least 4 members (excludes halogenated alkanes) is 1. The van der Waals surface area contributed by atoms with Gasteiger partial charge in [0.1, 0.15) is 11.8 Å². The number of nitrogens with two attached hydrogens (primary N) is 1. The van der Waals surface area contributed by atoms with Crippen LogP contribution in [0.3, 0.4) is 0 Å². The van der Waals surface area contributed by atoms with Gasteiger partial charge in [0, 0.05) is 19.6 Å². The van der Waals surface area contributed by atoms with Crippen molar-refractivity contribution < 1.29 is 19.5 Å². The fourth-order valence-corrected chi connectivity index (χ4v) is 4.31. The van der Waals surface area contributed by atoms with E-state index in [0.717, 1.165) is 29.5 Å². The zero-order valence-corrected chi connectivity index (χ0v) is 23.9. The van der Waals surface area contributed by atoms with Gasteiger partial charge in [-0.15, -0.1) is 0 Å². The highest BCUT2D eigenvalue weighted by atomic mass is 16.3. The van der Waals surface area contributed by atoms with Gasteiger partial charge in [-0.05, 0) is 48.1 Å². The van der Waals surface area contributed by atoms with Crippen LogP contribution in [0.25, 0.3) is 0 Å². The SMILES string of the molecule is CCCCNC(=O)NC(N)=NCCC[C@@H](NC(=O)C(c1ccccc1)c1ccccc1)C(=O)NCc1ccc(O)cc1. The lowest BCUT2D eigenvalue weighted by molar-refractivity contribution is -0.129. The molecular formula is C32H40N6O4. The molecule has 222 valence electrons. The summed E-state index contributed by atoms with van der Waals surface area (Å²) in [4.78, 5) is 43.1. The van der Waals surface area contributed by atoms with Gasteiger partial charge in [-0.1, -0.05) is 86.1 Å². The minimum absolute atomic E-state index is 0.0189. The lowest BCUT2D eigenvalue weighted by atomic mass is 9.90. The third-order valence-electron chi connectivity index (χ3n) is 6.55. The molecule has 0 saturated carbocycles. The molecular weight excluding hydrogens is 532 g/mol. The third-order valence-corrected chi connectivity index (χ3v) is 6.55. The highest BCUT2D eigenvalue weighted by Crippen LogP contribution is 2.25. The van der Waals surface area contributed by atoms with E-state index in [1.165, 1.54) is 0 Å². The number of nitrogens with one attached hydrogen (secondary N) is 4. The second-order valence-corrected chi connectivity index (χ2v) is 9.84. The largest absolute Gasteiger partial charge is 0.508 e. The molecule has 0 heterocycles. The molecule has 0 spiro atoms. The average molecular weight is 573 g/mol. The van der Waals surface area contributed by atoms with Crippen LogP contribution in [0, 0.1) is 0 Å². The first-order valence-electron chi connectivity index (χ1n) is 14.2. The van der Waals surface area contributed by atoms with Gasteiger partial charge < -0.3 is 26.8 Å². The summed E-state index contributed by atoms with van der Waals surface area (Å²) in [5, 5.41) is 20.6. The number of nitrogens with zero attached hydrogens (tertiary/aromatic N) is 1. The van der Waals surface area contributed by atoms with Crippen LogP contribution >= 0.6 is 0 Å². The highest BCUT2D eigenvalue weighted by molar-refractivity contribution is 5.95. The van der Waals surface area contributed by atoms with Crippen molar-refractivity contribution in [1.82, 2.24) is 21.3 Å². The number of aromatic hydroxyl groups is 1. The molecule has 3 rings (SSSR count). The van der Waals surface area contributed by atoms with Crippen LogP contribution in [0.2, 0.25) is 0 Å². The number of phenolic OH excluding ortho intramolecular Hbond substituents is 1. The summed E-state index contributed by atoms with van der Waals surface area (Å²) in [6.07, 6.45) is 2.55. The molecule has 0 bridgehead atoms. The molecule has 0 saturated heterocycles. The van der Waals surface area contributed by atoms with E-state index in [4.69, 9.17) is 5.73 Å². The first-order chi connectivity index (χ1) is 20.4. The van der Waals surface area contributed by atoms with Gasteiger partial charge in [0.05, 0.1) is 5.92 Å². The van der Waals surface area contributed by atoms with E-state index in [1.54, 1.807) is 24.3 Å². The molecule has 10 nitrogen and oxygen atoms in total. The van der Waals surface area contributed by atoms with Gasteiger partial charge in [-0.3, -0.25) is 19.9 Å². The molecule has 3 aromatic rings. The zero-order chi connectivity index (χ0) is 30.2. The number of hydrogen-bond acceptors (Lipinski definition) is 5. The van der Waals surface area contributed by atoms with Gasteiger partial charge in [-0.2, -0.15) is 0 Å². The van der Waals surface area contributed by atoms with E-state index in [0.29, 0.717) is 19.4 Å². The molecule has 0 aliphatic carbocycles. The number of amides is 4. The topological polar surface area (TPSA) is 158 Å². The Labute approximate surface area is 246 Å². The Morgan fingerprint density at radius 2 is 1.45 bits per heavy atom. The number of rotatable bonds is 14. The normalized spacial score (nSPS) is 11.9. The van der Waals surface area contributed by atoms with E-state index in [-0.39, 0.29) is 36.6 Å². The Morgan fingerprint density at radius 3 is 2.05 bits per heavy atom. The van der Waals surface area contributed by atoms with E-state index in [1.807, 2.05) is 67.6 Å². The molecule has 3 aromatic carbocycles. The fourth-order valence-electron chi connectivity index (χ4n) is 4.31. The van der Waals surface area contributed by atoms with E-state index >= 15 is 0 Å². The van der Waals surface area contributed by atoms with Crippen LogP contribution in [-0.4, -0.2) is 48.0 Å². The molecule has 7 N–H and O–H groups in total. The summed E-state index contributed by atoms with van der Waals surface area (Å²) in [6, 6.07) is 24.1. The van der Waals surface area contributed by atoms with E-state index in [2.05, 4.69) is 26.3 Å². The van der Waals surface area contributed by atoms with Gasteiger partial charge in [0.2, 0.25) is 11.8 Å². The number of guanidine groups is 1. The molecule has 0 radical (unpaired) electrons. The van der Waals surface area contributed by atoms with Crippen molar-refractivity contribution in [1.29, 1.82) is 0 Å². The Balaban J connectivity index is 1.69. The predicted octanol–water partition coefficient (Wildman–Crippen LogP) is 3.52. The second kappa shape index (κ2) is 17.1. The molecule has 0 unspecified atom stereocenters. The minimum atomic E-state index is -0.841. The first-order valence-corrected chi connectivity index (χ1v) is 14.2. The maximum Gasteiger partial charge on any atom is 0.321 e. The quantitative estimate of drug-likeness (QED) is 0.0990. The summed E-state index contributed by atoms with van der Waals surface area (Å²) >= 11 is 0. The number of phenols is 1. The number of urea groups is 1. The molecule has 0 aromatic heterocycles. The van der Waals surface area contributed by atoms with Crippen LogP contribution in [0.1, 0.15) is 55.2 Å². The van der Waals surface area contributed by atoms with Crippen LogP contribution < -0.4 is 27.0 Å². The van der Waals surface area contributed by atoms with E-state index < -0.39 is 18.0 Å². The van der Waals surface area contributed by atoms with Crippen molar-refractivity contribution in [3.63, 3.8) is 0 Å². The molecule has 42 heavy (non-hydrogen) atoms. The summed E-state index contributed by atoms with van der Waals surface area (Å²) in [5.41, 5.74) is 8.26. The standard InChI is InChI=1S/C32H40N6O4/c1-2-3-20-35-32(42)38-31(33)34-21-10-15-27(29(40)36-22-23-16-18-26(39)19-17-23)37-30(41)28(24-11-6-4-7-12-24)25-13-8-5-9-14-25/h4-9,11-14,16-19,27-28,39H,2-3,10,15,20-22H2,1H3,(H,36,40)(H,37,41)(H4,33,34,35,38,42)/t27-/m1/s1. The summed E-state index contributed by atoms with van der Waals surface area (Å²) in [5.74, 6) is -1.14. The number of benzene rings is 3. The molecule has 4 amide bonds. The van der Waals surface area contributed by atoms with Crippen molar-refractivity contribution in [3.8, 4) is 5.75 Å². The molecule has 10 heteroatoms. The monoisotopic (exact) mass is 572 g/mol. The second-order valence-electron chi connectivity index (χ2n) is 9.84. The number of aliphatic imine (C=N–C) groups is 1. The van der Waals surface area contributed by atoms with Crippen molar-refractivity contribution in [2.24, 2.45) is 10.7 Å². The van der Waals surface area contributed by atoms with Crippen LogP contribution in [0.15, 0.2) is 89.9 Å². The zero-order valence-electron chi connectivity index (χ0n) is 23.9. The Hall–Kier alpha value is -4.86. The molecule has 0 aliphatic rings. The van der Waals surface area contributed by atoms with Gasteiger partial charge >= 0.3 is 6.03 Å². The number of hydrogen-bond donors (Lipinski definition) is 6. The third kappa shape index (κ3) is 10.6. The Kier molecular flexibility index (Phi) is 12.9. The number of carbonyl (C=O) groups excluding carboxylic acids is 3.